The van der Waals surface area contributed by atoms with Crippen molar-refractivity contribution in [2.24, 2.45) is 5.92 Å². The van der Waals surface area contributed by atoms with Crippen LogP contribution in [-0.2, 0) is 4.79 Å². The van der Waals surface area contributed by atoms with Crippen LogP contribution in [-0.4, -0.2) is 47.3 Å². The highest BCUT2D eigenvalue weighted by Gasteiger charge is 2.33. The lowest BCUT2D eigenvalue weighted by molar-refractivity contribution is -0.117. The molecule has 0 bridgehead atoms. The van der Waals surface area contributed by atoms with E-state index in [0.717, 1.165) is 49.2 Å². The van der Waals surface area contributed by atoms with E-state index < -0.39 is 0 Å². The number of benzene rings is 1. The topological polar surface area (TPSA) is 62.7 Å². The van der Waals surface area contributed by atoms with E-state index in [2.05, 4.69) is 16.8 Å². The number of ketones is 1. The van der Waals surface area contributed by atoms with E-state index in [0.29, 0.717) is 30.8 Å². The van der Waals surface area contributed by atoms with Crippen molar-refractivity contribution in [3.63, 3.8) is 0 Å². The van der Waals surface area contributed by atoms with E-state index in [4.69, 9.17) is 4.74 Å². The first-order chi connectivity index (χ1) is 18.1. The summed E-state index contributed by atoms with van der Waals surface area (Å²) in [6, 6.07) is 11.9. The number of carbonyl (C=O) groups is 2. The number of ether oxygens (including phenoxy) is 1. The first-order valence-corrected chi connectivity index (χ1v) is 14.1. The van der Waals surface area contributed by atoms with Crippen LogP contribution >= 0.6 is 0 Å². The maximum absolute atomic E-state index is 13.5. The van der Waals surface area contributed by atoms with Gasteiger partial charge in [0.05, 0.1) is 0 Å². The number of aromatic nitrogens is 1. The van der Waals surface area contributed by atoms with E-state index in [1.807, 2.05) is 41.3 Å². The molecule has 1 saturated carbocycles. The van der Waals surface area contributed by atoms with Crippen molar-refractivity contribution in [2.45, 2.75) is 77.2 Å². The van der Waals surface area contributed by atoms with Crippen molar-refractivity contribution in [1.82, 2.24) is 9.88 Å². The Morgan fingerprint density at radius 1 is 1.05 bits per heavy atom. The molecule has 2 aromatic rings. The standard InChI is InChI=1S/C31H39N3O3/c1-23-9-5-6-19-33(23)20-8-13-28(35)26-16-14-24(15-17-26)21-29-31(36)34(22-25-10-3-2-4-11-25)27-12-7-18-32-30(27)37-29/h7,12,14-18,21,23,25H,2-6,8-11,13,19-20,22H2,1H3/b29-21-. The van der Waals surface area contributed by atoms with Crippen LogP contribution in [0.15, 0.2) is 48.4 Å². The normalized spacial score (nSPS) is 22.1. The molecule has 1 aliphatic carbocycles. The molecular formula is C31H39N3O3. The Kier molecular flexibility index (Phi) is 8.34. The molecule has 6 heteroatoms. The molecule has 2 fully saturated rings. The van der Waals surface area contributed by atoms with E-state index in [9.17, 15) is 9.59 Å². The lowest BCUT2D eigenvalue weighted by Crippen LogP contribution is -2.41. The van der Waals surface area contributed by atoms with Crippen LogP contribution in [0.4, 0.5) is 5.69 Å². The quantitative estimate of drug-likeness (QED) is 0.315. The molecule has 1 aromatic carbocycles. The van der Waals surface area contributed by atoms with E-state index in [1.165, 1.54) is 38.5 Å². The van der Waals surface area contributed by atoms with Crippen LogP contribution < -0.4 is 9.64 Å². The molecule has 6 nitrogen and oxygen atoms in total. The summed E-state index contributed by atoms with van der Waals surface area (Å²) in [5, 5.41) is 0. The molecule has 5 rings (SSSR count). The van der Waals surface area contributed by atoms with Crippen LogP contribution in [0.2, 0.25) is 0 Å². The lowest BCUT2D eigenvalue weighted by Gasteiger charge is -2.33. The maximum atomic E-state index is 13.5. The van der Waals surface area contributed by atoms with Gasteiger partial charge < -0.3 is 14.5 Å². The molecule has 37 heavy (non-hydrogen) atoms. The van der Waals surface area contributed by atoms with E-state index >= 15 is 0 Å². The van der Waals surface area contributed by atoms with E-state index in [1.54, 1.807) is 12.3 Å². The van der Waals surface area contributed by atoms with Crippen molar-refractivity contribution >= 4 is 23.5 Å². The zero-order valence-electron chi connectivity index (χ0n) is 22.0. The van der Waals surface area contributed by atoms with Gasteiger partial charge in [-0.2, -0.15) is 0 Å². The summed E-state index contributed by atoms with van der Waals surface area (Å²) in [5.41, 5.74) is 2.30. The Bertz CT molecular complexity index is 1120. The van der Waals surface area contributed by atoms with Gasteiger partial charge in [-0.05, 0) is 81.8 Å². The predicted octanol–water partition coefficient (Wildman–Crippen LogP) is 6.27. The molecule has 1 amide bonds. The third-order valence-corrected chi connectivity index (χ3v) is 8.19. The SMILES string of the molecule is CC1CCCCN1CCCC(=O)c1ccc(/C=C2\Oc3ncccc3N(CC3CCCCC3)C2=O)cc1. The summed E-state index contributed by atoms with van der Waals surface area (Å²) >= 11 is 0. The zero-order valence-corrected chi connectivity index (χ0v) is 22.0. The number of amides is 1. The third kappa shape index (κ3) is 6.30. The number of likely N-dealkylation sites (tertiary alicyclic amines) is 1. The van der Waals surface area contributed by atoms with E-state index in [-0.39, 0.29) is 17.4 Å². The molecular weight excluding hydrogens is 462 g/mol. The lowest BCUT2D eigenvalue weighted by atomic mass is 9.88. The monoisotopic (exact) mass is 501 g/mol. The second-order valence-corrected chi connectivity index (χ2v) is 10.9. The summed E-state index contributed by atoms with van der Waals surface area (Å²) < 4.78 is 5.95. The van der Waals surface area contributed by atoms with Crippen LogP contribution in [0.5, 0.6) is 5.88 Å². The van der Waals surface area contributed by atoms with Gasteiger partial charge in [-0.25, -0.2) is 4.98 Å². The van der Waals surface area contributed by atoms with Gasteiger partial charge in [-0.1, -0.05) is 49.9 Å². The number of hydrogen-bond donors (Lipinski definition) is 0. The van der Waals surface area contributed by atoms with Crippen LogP contribution in [0.25, 0.3) is 6.08 Å². The Morgan fingerprint density at radius 2 is 1.84 bits per heavy atom. The minimum Gasteiger partial charge on any atom is -0.431 e. The fraction of sp³-hybridized carbons (Fsp3) is 0.516. The number of nitrogens with zero attached hydrogens (tertiary/aromatic N) is 3. The van der Waals surface area contributed by atoms with Gasteiger partial charge >= 0.3 is 0 Å². The van der Waals surface area contributed by atoms with Crippen molar-refractivity contribution in [1.29, 1.82) is 0 Å². The second-order valence-electron chi connectivity index (χ2n) is 10.9. The molecule has 3 aliphatic rings. The molecule has 0 spiro atoms. The van der Waals surface area contributed by atoms with Crippen molar-refractivity contribution in [3.8, 4) is 5.88 Å². The number of Topliss-reactive ketones (excluding diaryl/α,β-unsaturated/α-hetero) is 1. The van der Waals surface area contributed by atoms with Crippen molar-refractivity contribution in [3.05, 3.63) is 59.5 Å². The second kappa shape index (κ2) is 12.0. The van der Waals surface area contributed by atoms with Crippen molar-refractivity contribution in [2.75, 3.05) is 24.5 Å². The Balaban J connectivity index is 1.24. The minimum atomic E-state index is -0.127. The van der Waals surface area contributed by atoms with Gasteiger partial charge in [0, 0.05) is 30.8 Å². The number of fused-ring (bicyclic) bond motifs is 1. The molecule has 196 valence electrons. The molecule has 0 N–H and O–H groups in total. The summed E-state index contributed by atoms with van der Waals surface area (Å²) in [5.74, 6) is 1.30. The number of rotatable bonds is 8. The summed E-state index contributed by atoms with van der Waals surface area (Å²) in [7, 11) is 0. The number of carbonyl (C=O) groups excluding carboxylic acids is 2. The highest BCUT2D eigenvalue weighted by molar-refractivity contribution is 6.09. The van der Waals surface area contributed by atoms with Crippen LogP contribution in [0.3, 0.4) is 0 Å². The van der Waals surface area contributed by atoms with Gasteiger partial charge in [0.1, 0.15) is 5.69 Å². The van der Waals surface area contributed by atoms with Gasteiger partial charge in [-0.3, -0.25) is 9.59 Å². The Morgan fingerprint density at radius 3 is 2.62 bits per heavy atom. The minimum absolute atomic E-state index is 0.127. The Hall–Kier alpha value is -2.99. The van der Waals surface area contributed by atoms with Crippen LogP contribution in [0.1, 0.15) is 87.1 Å². The summed E-state index contributed by atoms with van der Waals surface area (Å²) in [6.45, 7) is 5.13. The largest absolute Gasteiger partial charge is 0.431 e. The Labute approximate surface area is 220 Å². The number of hydrogen-bond acceptors (Lipinski definition) is 5. The molecule has 2 aliphatic heterocycles. The predicted molar refractivity (Wildman–Crippen MR) is 147 cm³/mol. The number of anilines is 1. The average molecular weight is 502 g/mol. The summed E-state index contributed by atoms with van der Waals surface area (Å²) in [4.78, 5) is 35.0. The third-order valence-electron chi connectivity index (χ3n) is 8.19. The molecule has 1 atom stereocenters. The van der Waals surface area contributed by atoms with Crippen molar-refractivity contribution < 1.29 is 14.3 Å². The maximum Gasteiger partial charge on any atom is 0.294 e. The average Bonchev–Trinajstić information content (AvgIpc) is 2.93. The molecule has 1 saturated heterocycles. The number of pyridine rings is 1. The molecule has 1 aromatic heterocycles. The number of piperidine rings is 1. The van der Waals surface area contributed by atoms with Gasteiger partial charge in [-0.15, -0.1) is 0 Å². The van der Waals surface area contributed by atoms with Gasteiger partial charge in [0.25, 0.3) is 5.91 Å². The summed E-state index contributed by atoms with van der Waals surface area (Å²) in [6.07, 6.45) is 14.8. The fourth-order valence-electron chi connectivity index (χ4n) is 5.95. The van der Waals surface area contributed by atoms with Crippen LogP contribution in [0, 0.1) is 5.92 Å². The zero-order chi connectivity index (χ0) is 25.6. The first-order valence-electron chi connectivity index (χ1n) is 14.1. The highest BCUT2D eigenvalue weighted by Crippen LogP contribution is 2.36. The molecule has 1 unspecified atom stereocenters. The highest BCUT2D eigenvalue weighted by atomic mass is 16.5. The smallest absolute Gasteiger partial charge is 0.294 e. The fourth-order valence-corrected chi connectivity index (χ4v) is 5.95. The molecule has 0 radical (unpaired) electrons. The first kappa shape index (κ1) is 25.7. The molecule has 3 heterocycles. The van der Waals surface area contributed by atoms with Gasteiger partial charge in [0.15, 0.2) is 11.5 Å². The van der Waals surface area contributed by atoms with Gasteiger partial charge in [0.2, 0.25) is 5.88 Å².